The molecule has 20 heavy (non-hydrogen) atoms. The number of aromatic nitrogens is 1. The van der Waals surface area contributed by atoms with E-state index in [1.165, 1.54) is 29.3 Å². The van der Waals surface area contributed by atoms with Gasteiger partial charge in [0.1, 0.15) is 0 Å². The molecule has 1 N–H and O–H groups in total. The molecule has 3 heterocycles. The zero-order valence-electron chi connectivity index (χ0n) is 11.6. The summed E-state index contributed by atoms with van der Waals surface area (Å²) in [7, 11) is 0. The number of thiazole rings is 1. The number of hydrogen-bond acceptors (Lipinski definition) is 5. The molecule has 1 unspecified atom stereocenters. The molecule has 2 aliphatic rings. The number of nitrogens with zero attached hydrogens (tertiary/aromatic N) is 3. The Morgan fingerprint density at radius 1 is 1.15 bits per heavy atom. The second-order valence-electron chi connectivity index (χ2n) is 5.64. The van der Waals surface area contributed by atoms with Gasteiger partial charge >= 0.3 is 0 Å². The molecule has 0 radical (unpaired) electrons. The fourth-order valence-electron chi connectivity index (χ4n) is 3.26. The third-order valence-electron chi connectivity index (χ3n) is 4.38. The van der Waals surface area contributed by atoms with Crippen LogP contribution >= 0.6 is 11.3 Å². The predicted molar refractivity (Wildman–Crippen MR) is 84.7 cm³/mol. The van der Waals surface area contributed by atoms with Crippen LogP contribution in [0.5, 0.6) is 0 Å². The normalized spacial score (nSPS) is 24.6. The summed E-state index contributed by atoms with van der Waals surface area (Å²) in [4.78, 5) is 9.90. The number of nitrogens with one attached hydrogen (secondary N) is 1. The Morgan fingerprint density at radius 3 is 2.85 bits per heavy atom. The Morgan fingerprint density at radius 2 is 2.00 bits per heavy atom. The summed E-state index contributed by atoms with van der Waals surface area (Å²) < 4.78 is 1.30. The van der Waals surface area contributed by atoms with Crippen molar-refractivity contribution in [2.45, 2.75) is 12.5 Å². The molecule has 1 aromatic carbocycles. The SMILES string of the molecule is c1ccc2sc(N3CCC(N4CCNCC4)C3)nc2c1. The molecule has 0 amide bonds. The summed E-state index contributed by atoms with van der Waals surface area (Å²) in [6, 6.07) is 9.15. The lowest BCUT2D eigenvalue weighted by Crippen LogP contribution is -2.49. The van der Waals surface area contributed by atoms with Crippen LogP contribution in [0.4, 0.5) is 5.13 Å². The molecule has 0 saturated carbocycles. The van der Waals surface area contributed by atoms with E-state index in [1.54, 1.807) is 0 Å². The van der Waals surface area contributed by atoms with Crippen LogP contribution in [0.25, 0.3) is 10.2 Å². The minimum atomic E-state index is 0.712. The zero-order chi connectivity index (χ0) is 13.4. The molecular weight excluding hydrogens is 268 g/mol. The maximum atomic E-state index is 4.79. The van der Waals surface area contributed by atoms with Gasteiger partial charge in [0.2, 0.25) is 0 Å². The van der Waals surface area contributed by atoms with Gasteiger partial charge in [-0.25, -0.2) is 4.98 Å². The number of rotatable bonds is 2. The Balaban J connectivity index is 1.49. The highest BCUT2D eigenvalue weighted by atomic mass is 32.1. The molecule has 2 fully saturated rings. The van der Waals surface area contributed by atoms with Crippen molar-refractivity contribution in [2.24, 2.45) is 0 Å². The van der Waals surface area contributed by atoms with Crippen LogP contribution in [-0.4, -0.2) is 55.2 Å². The molecule has 2 aliphatic heterocycles. The van der Waals surface area contributed by atoms with Crippen LogP contribution in [0.15, 0.2) is 24.3 Å². The molecule has 5 heteroatoms. The number of anilines is 1. The minimum Gasteiger partial charge on any atom is -0.346 e. The summed E-state index contributed by atoms with van der Waals surface area (Å²) in [6.07, 6.45) is 1.27. The fraction of sp³-hybridized carbons (Fsp3) is 0.533. The molecular formula is C15H20N4S. The highest BCUT2D eigenvalue weighted by Crippen LogP contribution is 2.31. The van der Waals surface area contributed by atoms with Gasteiger partial charge in [-0.2, -0.15) is 0 Å². The first kappa shape index (κ1) is 12.6. The first-order valence-corrected chi connectivity index (χ1v) is 8.27. The van der Waals surface area contributed by atoms with Crippen molar-refractivity contribution in [2.75, 3.05) is 44.2 Å². The Hall–Kier alpha value is -1.17. The molecule has 0 spiro atoms. The van der Waals surface area contributed by atoms with Crippen LogP contribution in [0, 0.1) is 0 Å². The highest BCUT2D eigenvalue weighted by molar-refractivity contribution is 7.22. The van der Waals surface area contributed by atoms with E-state index >= 15 is 0 Å². The molecule has 0 bridgehead atoms. The van der Waals surface area contributed by atoms with Gasteiger partial charge in [0.25, 0.3) is 0 Å². The first-order chi connectivity index (χ1) is 9.90. The van der Waals surface area contributed by atoms with Crippen LogP contribution in [0.2, 0.25) is 0 Å². The van der Waals surface area contributed by atoms with Crippen molar-refractivity contribution in [1.82, 2.24) is 15.2 Å². The molecule has 2 aromatic rings. The second-order valence-corrected chi connectivity index (χ2v) is 6.65. The van der Waals surface area contributed by atoms with Gasteiger partial charge in [-0.05, 0) is 18.6 Å². The van der Waals surface area contributed by atoms with Crippen LogP contribution in [-0.2, 0) is 0 Å². The van der Waals surface area contributed by atoms with E-state index in [-0.39, 0.29) is 0 Å². The first-order valence-electron chi connectivity index (χ1n) is 7.45. The fourth-order valence-corrected chi connectivity index (χ4v) is 4.26. The minimum absolute atomic E-state index is 0.712. The average molecular weight is 288 g/mol. The van der Waals surface area contributed by atoms with E-state index in [0.717, 1.165) is 31.7 Å². The molecule has 1 aromatic heterocycles. The van der Waals surface area contributed by atoms with E-state index in [1.807, 2.05) is 11.3 Å². The van der Waals surface area contributed by atoms with Crippen molar-refractivity contribution in [3.8, 4) is 0 Å². The molecule has 106 valence electrons. The van der Waals surface area contributed by atoms with Gasteiger partial charge < -0.3 is 10.2 Å². The Bertz CT molecular complexity index is 557. The van der Waals surface area contributed by atoms with Gasteiger partial charge in [-0.3, -0.25) is 4.90 Å². The molecule has 1 atom stereocenters. The number of piperazine rings is 1. The summed E-state index contributed by atoms with van der Waals surface area (Å²) in [6.45, 7) is 6.94. The maximum Gasteiger partial charge on any atom is 0.186 e. The van der Waals surface area contributed by atoms with Crippen molar-refractivity contribution >= 4 is 26.7 Å². The van der Waals surface area contributed by atoms with Gasteiger partial charge in [-0.1, -0.05) is 23.5 Å². The molecule has 4 nitrogen and oxygen atoms in total. The Kier molecular flexibility index (Phi) is 3.34. The number of para-hydroxylation sites is 1. The quantitative estimate of drug-likeness (QED) is 0.913. The van der Waals surface area contributed by atoms with Gasteiger partial charge in [0.05, 0.1) is 10.2 Å². The van der Waals surface area contributed by atoms with E-state index in [0.29, 0.717) is 6.04 Å². The largest absolute Gasteiger partial charge is 0.346 e. The van der Waals surface area contributed by atoms with Crippen LogP contribution in [0.3, 0.4) is 0 Å². The zero-order valence-corrected chi connectivity index (χ0v) is 12.4. The average Bonchev–Trinajstić information content (AvgIpc) is 3.14. The monoisotopic (exact) mass is 288 g/mol. The number of fused-ring (bicyclic) bond motifs is 1. The highest BCUT2D eigenvalue weighted by Gasteiger charge is 2.29. The number of benzene rings is 1. The summed E-state index contributed by atoms with van der Waals surface area (Å²) in [5.41, 5.74) is 1.14. The lowest BCUT2D eigenvalue weighted by atomic mass is 10.2. The molecule has 0 aliphatic carbocycles. The van der Waals surface area contributed by atoms with Gasteiger partial charge in [-0.15, -0.1) is 0 Å². The van der Waals surface area contributed by atoms with E-state index < -0.39 is 0 Å². The molecule has 2 saturated heterocycles. The van der Waals surface area contributed by atoms with E-state index in [9.17, 15) is 0 Å². The van der Waals surface area contributed by atoms with Crippen molar-refractivity contribution < 1.29 is 0 Å². The van der Waals surface area contributed by atoms with Crippen molar-refractivity contribution in [1.29, 1.82) is 0 Å². The van der Waals surface area contributed by atoms with Crippen molar-refractivity contribution in [3.05, 3.63) is 24.3 Å². The lowest BCUT2D eigenvalue weighted by Gasteiger charge is -2.32. The van der Waals surface area contributed by atoms with Gasteiger partial charge in [0, 0.05) is 45.3 Å². The van der Waals surface area contributed by atoms with Crippen LogP contribution in [0.1, 0.15) is 6.42 Å². The van der Waals surface area contributed by atoms with Crippen molar-refractivity contribution in [3.63, 3.8) is 0 Å². The van der Waals surface area contributed by atoms with Gasteiger partial charge in [0.15, 0.2) is 5.13 Å². The predicted octanol–water partition coefficient (Wildman–Crippen LogP) is 1.78. The maximum absolute atomic E-state index is 4.79. The molecule has 4 rings (SSSR count). The summed E-state index contributed by atoms with van der Waals surface area (Å²) in [5, 5.41) is 4.63. The second kappa shape index (κ2) is 5.31. The number of hydrogen-bond donors (Lipinski definition) is 1. The summed E-state index contributed by atoms with van der Waals surface area (Å²) >= 11 is 1.83. The topological polar surface area (TPSA) is 31.4 Å². The lowest BCUT2D eigenvalue weighted by molar-refractivity contribution is 0.185. The Labute approximate surface area is 123 Å². The smallest absolute Gasteiger partial charge is 0.186 e. The van der Waals surface area contributed by atoms with Crippen LogP contribution < -0.4 is 10.2 Å². The third-order valence-corrected chi connectivity index (χ3v) is 5.48. The summed E-state index contributed by atoms with van der Waals surface area (Å²) in [5.74, 6) is 0. The van der Waals surface area contributed by atoms with E-state index in [2.05, 4.69) is 39.4 Å². The standard InChI is InChI=1S/C15H20N4S/c1-2-4-14-13(3-1)17-15(20-14)19-8-5-12(11-19)18-9-6-16-7-10-18/h1-4,12,16H,5-11H2. The third kappa shape index (κ3) is 2.30. The van der Waals surface area contributed by atoms with E-state index in [4.69, 9.17) is 4.98 Å².